The van der Waals surface area contributed by atoms with Gasteiger partial charge in [-0.2, -0.15) is 4.80 Å². The molecule has 0 N–H and O–H groups in total. The largest absolute Gasteiger partial charge is 0.367 e. The van der Waals surface area contributed by atoms with Crippen molar-refractivity contribution in [2.45, 2.75) is 20.4 Å². The van der Waals surface area contributed by atoms with Gasteiger partial charge in [-0.15, -0.1) is 10.2 Å². The average Bonchev–Trinajstić information content (AvgIpc) is 3.20. The van der Waals surface area contributed by atoms with E-state index in [0.29, 0.717) is 0 Å². The fraction of sp³-hybridized carbons (Fsp3) is 0.154. The highest BCUT2D eigenvalue weighted by molar-refractivity contribution is 5.73. The van der Waals surface area contributed by atoms with Crippen molar-refractivity contribution >= 4 is 22.8 Å². The first-order valence-electron chi connectivity index (χ1n) is 10.2. The SMILES string of the molecule is C=C/C=C/c1ccc(N(CC)Cc2cc(C)cc(-n3nc4ccccc4n3)c2)cc1. The van der Waals surface area contributed by atoms with Crippen LogP contribution in [0.3, 0.4) is 0 Å². The van der Waals surface area contributed by atoms with Crippen LogP contribution in [0.2, 0.25) is 0 Å². The maximum Gasteiger partial charge on any atom is 0.113 e. The predicted molar refractivity (Wildman–Crippen MR) is 126 cm³/mol. The van der Waals surface area contributed by atoms with Crippen LogP contribution in [0.5, 0.6) is 0 Å². The number of aromatic nitrogens is 3. The van der Waals surface area contributed by atoms with Gasteiger partial charge in [0, 0.05) is 18.8 Å². The monoisotopic (exact) mass is 394 g/mol. The molecule has 4 rings (SSSR count). The summed E-state index contributed by atoms with van der Waals surface area (Å²) in [5.41, 5.74) is 7.61. The van der Waals surface area contributed by atoms with Crippen molar-refractivity contribution in [2.24, 2.45) is 0 Å². The summed E-state index contributed by atoms with van der Waals surface area (Å²) in [7, 11) is 0. The predicted octanol–water partition coefficient (Wildman–Crippen LogP) is 5.95. The molecule has 0 aliphatic carbocycles. The Morgan fingerprint density at radius 3 is 2.30 bits per heavy atom. The molecule has 0 unspecified atom stereocenters. The number of allylic oxidation sites excluding steroid dienone is 2. The number of hydrogen-bond acceptors (Lipinski definition) is 3. The highest BCUT2D eigenvalue weighted by Crippen LogP contribution is 2.21. The van der Waals surface area contributed by atoms with Gasteiger partial charge < -0.3 is 4.90 Å². The molecule has 4 aromatic rings. The summed E-state index contributed by atoms with van der Waals surface area (Å²) in [5.74, 6) is 0. The molecule has 4 heteroatoms. The molecule has 30 heavy (non-hydrogen) atoms. The van der Waals surface area contributed by atoms with E-state index < -0.39 is 0 Å². The van der Waals surface area contributed by atoms with Crippen molar-refractivity contribution in [3.05, 3.63) is 102 Å². The summed E-state index contributed by atoms with van der Waals surface area (Å²) < 4.78 is 0. The van der Waals surface area contributed by atoms with Crippen molar-refractivity contribution in [2.75, 3.05) is 11.4 Å². The maximum atomic E-state index is 4.64. The Bertz CT molecular complexity index is 1150. The number of benzene rings is 3. The Morgan fingerprint density at radius 1 is 0.967 bits per heavy atom. The third-order valence-electron chi connectivity index (χ3n) is 5.08. The van der Waals surface area contributed by atoms with E-state index in [-0.39, 0.29) is 0 Å². The van der Waals surface area contributed by atoms with Crippen LogP contribution in [-0.2, 0) is 6.54 Å². The van der Waals surface area contributed by atoms with Gasteiger partial charge in [0.25, 0.3) is 0 Å². The molecule has 0 aliphatic heterocycles. The van der Waals surface area contributed by atoms with Crippen LogP contribution in [-0.4, -0.2) is 21.5 Å². The minimum absolute atomic E-state index is 0.827. The van der Waals surface area contributed by atoms with Crippen LogP contribution >= 0.6 is 0 Å². The quantitative estimate of drug-likeness (QED) is 0.363. The summed E-state index contributed by atoms with van der Waals surface area (Å²) in [6.07, 6.45) is 5.80. The van der Waals surface area contributed by atoms with E-state index in [1.54, 1.807) is 10.9 Å². The third kappa shape index (κ3) is 4.33. The van der Waals surface area contributed by atoms with Crippen LogP contribution in [0.15, 0.2) is 85.5 Å². The molecular formula is C26H26N4. The van der Waals surface area contributed by atoms with Gasteiger partial charge in [-0.1, -0.05) is 55.1 Å². The number of anilines is 1. The summed E-state index contributed by atoms with van der Waals surface area (Å²) in [4.78, 5) is 4.10. The lowest BCUT2D eigenvalue weighted by Gasteiger charge is -2.24. The second kappa shape index (κ2) is 8.78. The molecule has 0 radical (unpaired) electrons. The first-order chi connectivity index (χ1) is 14.7. The number of hydrogen-bond donors (Lipinski definition) is 0. The van der Waals surface area contributed by atoms with Crippen LogP contribution < -0.4 is 4.90 Å². The molecule has 1 heterocycles. The van der Waals surface area contributed by atoms with Crippen molar-refractivity contribution in [1.82, 2.24) is 15.0 Å². The summed E-state index contributed by atoms with van der Waals surface area (Å²) >= 11 is 0. The highest BCUT2D eigenvalue weighted by atomic mass is 15.5. The van der Waals surface area contributed by atoms with Gasteiger partial charge in [-0.3, -0.25) is 0 Å². The van der Waals surface area contributed by atoms with E-state index in [1.165, 1.54) is 22.4 Å². The van der Waals surface area contributed by atoms with Gasteiger partial charge in [0.1, 0.15) is 11.0 Å². The van der Waals surface area contributed by atoms with Crippen molar-refractivity contribution in [3.8, 4) is 5.69 Å². The van der Waals surface area contributed by atoms with E-state index in [0.717, 1.165) is 29.8 Å². The van der Waals surface area contributed by atoms with E-state index in [4.69, 9.17) is 0 Å². The minimum Gasteiger partial charge on any atom is -0.367 e. The Morgan fingerprint density at radius 2 is 1.67 bits per heavy atom. The highest BCUT2D eigenvalue weighted by Gasteiger charge is 2.10. The van der Waals surface area contributed by atoms with E-state index in [1.807, 2.05) is 30.3 Å². The zero-order valence-corrected chi connectivity index (χ0v) is 17.5. The molecule has 0 saturated heterocycles. The van der Waals surface area contributed by atoms with Gasteiger partial charge in [0.2, 0.25) is 0 Å². The summed E-state index contributed by atoms with van der Waals surface area (Å²) in [6, 6.07) is 23.1. The Hall–Kier alpha value is -3.66. The zero-order chi connectivity index (χ0) is 20.9. The molecule has 0 amide bonds. The van der Waals surface area contributed by atoms with Crippen LogP contribution in [0, 0.1) is 6.92 Å². The molecule has 0 saturated carbocycles. The Kier molecular flexibility index (Phi) is 5.75. The normalized spacial score (nSPS) is 11.3. The molecular weight excluding hydrogens is 368 g/mol. The number of nitrogens with zero attached hydrogens (tertiary/aromatic N) is 4. The minimum atomic E-state index is 0.827. The Labute approximate surface area is 177 Å². The van der Waals surface area contributed by atoms with Crippen molar-refractivity contribution in [3.63, 3.8) is 0 Å². The lowest BCUT2D eigenvalue weighted by molar-refractivity contribution is 0.760. The topological polar surface area (TPSA) is 34.0 Å². The van der Waals surface area contributed by atoms with Crippen LogP contribution in [0.4, 0.5) is 5.69 Å². The third-order valence-corrected chi connectivity index (χ3v) is 5.08. The first kappa shape index (κ1) is 19.6. The average molecular weight is 395 g/mol. The van der Waals surface area contributed by atoms with Crippen LogP contribution in [0.25, 0.3) is 22.8 Å². The maximum absolute atomic E-state index is 4.64. The molecule has 0 atom stereocenters. The second-order valence-electron chi connectivity index (χ2n) is 7.36. The van der Waals surface area contributed by atoms with Gasteiger partial charge in [-0.05, 0) is 66.9 Å². The zero-order valence-electron chi connectivity index (χ0n) is 17.5. The second-order valence-corrected chi connectivity index (χ2v) is 7.36. The summed E-state index contributed by atoms with van der Waals surface area (Å²) in [6.45, 7) is 9.78. The number of rotatable bonds is 7. The Balaban J connectivity index is 1.60. The molecule has 0 bridgehead atoms. The molecule has 0 fully saturated rings. The molecule has 4 nitrogen and oxygen atoms in total. The molecule has 1 aromatic heterocycles. The smallest absolute Gasteiger partial charge is 0.113 e. The molecule has 0 aliphatic rings. The van der Waals surface area contributed by atoms with Gasteiger partial charge >= 0.3 is 0 Å². The fourth-order valence-corrected chi connectivity index (χ4v) is 3.60. The summed E-state index contributed by atoms with van der Waals surface area (Å²) in [5, 5.41) is 9.27. The molecule has 0 spiro atoms. The lowest BCUT2D eigenvalue weighted by atomic mass is 10.1. The van der Waals surface area contributed by atoms with Gasteiger partial charge in [-0.25, -0.2) is 0 Å². The van der Waals surface area contributed by atoms with E-state index >= 15 is 0 Å². The van der Waals surface area contributed by atoms with Crippen molar-refractivity contribution in [1.29, 1.82) is 0 Å². The first-order valence-corrected chi connectivity index (χ1v) is 10.2. The number of aryl methyl sites for hydroxylation is 1. The van der Waals surface area contributed by atoms with Crippen molar-refractivity contribution < 1.29 is 0 Å². The lowest BCUT2D eigenvalue weighted by Crippen LogP contribution is -2.22. The van der Waals surface area contributed by atoms with Gasteiger partial charge in [0.05, 0.1) is 5.69 Å². The molecule has 3 aromatic carbocycles. The fourth-order valence-electron chi connectivity index (χ4n) is 3.60. The molecule has 150 valence electrons. The van der Waals surface area contributed by atoms with E-state index in [9.17, 15) is 0 Å². The van der Waals surface area contributed by atoms with Crippen LogP contribution in [0.1, 0.15) is 23.6 Å². The van der Waals surface area contributed by atoms with Gasteiger partial charge in [0.15, 0.2) is 0 Å². The number of fused-ring (bicyclic) bond motifs is 1. The van der Waals surface area contributed by atoms with E-state index in [2.05, 4.69) is 84.1 Å². The standard InChI is InChI=1S/C26H26N4/c1-4-6-9-21-12-14-23(15-13-21)29(5-2)19-22-16-20(3)17-24(18-22)30-27-25-10-7-8-11-26(25)28-30/h4,6-18H,1,5,19H2,2-3H3/b9-6+.